The predicted molar refractivity (Wildman–Crippen MR) is 96.1 cm³/mol. The molecule has 1 aliphatic rings. The van der Waals surface area contributed by atoms with E-state index in [-0.39, 0.29) is 17.3 Å². The molecular weight excluding hydrogens is 340 g/mol. The molecule has 0 aliphatic carbocycles. The first-order valence-electron chi connectivity index (χ1n) is 8.08. The average Bonchev–Trinajstić information content (AvgIpc) is 2.63. The van der Waals surface area contributed by atoms with Gasteiger partial charge in [-0.05, 0) is 31.2 Å². The summed E-state index contributed by atoms with van der Waals surface area (Å²) in [7, 11) is -3.69. The fourth-order valence-corrected chi connectivity index (χ4v) is 4.18. The average molecular weight is 360 g/mol. The number of amides is 1. The van der Waals surface area contributed by atoms with E-state index >= 15 is 0 Å². The monoisotopic (exact) mass is 360 g/mol. The van der Waals surface area contributed by atoms with Crippen molar-refractivity contribution in [2.75, 3.05) is 35.4 Å². The molecule has 8 heteroatoms. The Morgan fingerprint density at radius 1 is 1.20 bits per heavy atom. The molecule has 1 aromatic carbocycles. The second-order valence-electron chi connectivity index (χ2n) is 5.63. The molecule has 3 rings (SSSR count). The van der Waals surface area contributed by atoms with Crippen LogP contribution in [0.25, 0.3) is 0 Å². The molecule has 7 nitrogen and oxygen atoms in total. The molecule has 1 N–H and O–H groups in total. The number of sulfonamides is 1. The summed E-state index contributed by atoms with van der Waals surface area (Å²) in [5.74, 6) is 0.530. The van der Waals surface area contributed by atoms with Crippen LogP contribution in [0.5, 0.6) is 0 Å². The van der Waals surface area contributed by atoms with Gasteiger partial charge in [-0.25, -0.2) is 13.4 Å². The van der Waals surface area contributed by atoms with E-state index in [4.69, 9.17) is 0 Å². The minimum absolute atomic E-state index is 0.0639. The van der Waals surface area contributed by atoms with E-state index in [0.29, 0.717) is 31.1 Å². The molecule has 0 saturated carbocycles. The molecule has 0 bridgehead atoms. The number of para-hydroxylation sites is 1. The summed E-state index contributed by atoms with van der Waals surface area (Å²) in [6.45, 7) is 3.54. The quantitative estimate of drug-likeness (QED) is 0.867. The lowest BCUT2D eigenvalue weighted by Gasteiger charge is -2.28. The van der Waals surface area contributed by atoms with Gasteiger partial charge in [0, 0.05) is 25.8 Å². The van der Waals surface area contributed by atoms with Gasteiger partial charge in [-0.2, -0.15) is 0 Å². The molecular formula is C17H20N4O3S. The number of hydrogen-bond donors (Lipinski definition) is 1. The molecule has 2 heterocycles. The predicted octanol–water partition coefficient (Wildman–Crippen LogP) is 1.23. The van der Waals surface area contributed by atoms with E-state index in [1.54, 1.807) is 37.3 Å². The van der Waals surface area contributed by atoms with Gasteiger partial charge in [0.05, 0.1) is 12.2 Å². The van der Waals surface area contributed by atoms with Gasteiger partial charge in [-0.1, -0.05) is 18.2 Å². The maximum atomic E-state index is 12.9. The van der Waals surface area contributed by atoms with Crippen LogP contribution in [0.1, 0.15) is 6.92 Å². The van der Waals surface area contributed by atoms with Crippen LogP contribution in [-0.4, -0.2) is 45.5 Å². The minimum Gasteiger partial charge on any atom is -0.353 e. The molecule has 0 radical (unpaired) electrons. The highest BCUT2D eigenvalue weighted by Crippen LogP contribution is 2.24. The standard InChI is InChI=1S/C17H20N4O3S/c1-2-21(14-6-4-3-5-7-14)25(23,24)15-8-9-16(19-12-15)20-11-10-18-17(22)13-20/h3-9,12H,2,10-11,13H2,1H3,(H,18,22). The summed E-state index contributed by atoms with van der Waals surface area (Å²) in [6.07, 6.45) is 1.35. The van der Waals surface area contributed by atoms with Gasteiger partial charge in [-0.15, -0.1) is 0 Å². The van der Waals surface area contributed by atoms with Crippen molar-refractivity contribution in [1.82, 2.24) is 10.3 Å². The van der Waals surface area contributed by atoms with Crippen LogP contribution in [-0.2, 0) is 14.8 Å². The minimum atomic E-state index is -3.69. The number of benzene rings is 1. The third-order valence-electron chi connectivity index (χ3n) is 4.00. The zero-order valence-corrected chi connectivity index (χ0v) is 14.7. The zero-order chi connectivity index (χ0) is 17.9. The Morgan fingerprint density at radius 3 is 2.56 bits per heavy atom. The Balaban J connectivity index is 1.86. The molecule has 1 saturated heterocycles. The molecule has 2 aromatic rings. The fraction of sp³-hybridized carbons (Fsp3) is 0.294. The third kappa shape index (κ3) is 3.58. The van der Waals surface area contributed by atoms with E-state index in [0.717, 1.165) is 0 Å². The smallest absolute Gasteiger partial charge is 0.265 e. The summed E-state index contributed by atoms with van der Waals surface area (Å²) in [5, 5.41) is 2.75. The summed E-state index contributed by atoms with van der Waals surface area (Å²) in [4.78, 5) is 17.7. The lowest BCUT2D eigenvalue weighted by molar-refractivity contribution is -0.120. The largest absolute Gasteiger partial charge is 0.353 e. The summed E-state index contributed by atoms with van der Waals surface area (Å²) in [5.41, 5.74) is 0.613. The first-order valence-corrected chi connectivity index (χ1v) is 9.52. The molecule has 1 aliphatic heterocycles. The molecule has 132 valence electrons. The second kappa shape index (κ2) is 7.10. The SMILES string of the molecule is CCN(c1ccccc1)S(=O)(=O)c1ccc(N2CCNC(=O)C2)nc1. The van der Waals surface area contributed by atoms with Crippen molar-refractivity contribution in [2.24, 2.45) is 0 Å². The highest BCUT2D eigenvalue weighted by atomic mass is 32.2. The van der Waals surface area contributed by atoms with Crippen molar-refractivity contribution in [2.45, 2.75) is 11.8 Å². The highest BCUT2D eigenvalue weighted by molar-refractivity contribution is 7.92. The Bertz CT molecular complexity index is 838. The number of anilines is 2. The molecule has 1 amide bonds. The Hall–Kier alpha value is -2.61. The van der Waals surface area contributed by atoms with Crippen molar-refractivity contribution in [3.05, 3.63) is 48.7 Å². The van der Waals surface area contributed by atoms with Gasteiger partial charge in [-0.3, -0.25) is 9.10 Å². The zero-order valence-electron chi connectivity index (χ0n) is 13.9. The lowest BCUT2D eigenvalue weighted by Crippen LogP contribution is -2.48. The number of nitrogens with one attached hydrogen (secondary N) is 1. The fourth-order valence-electron chi connectivity index (χ4n) is 2.76. The van der Waals surface area contributed by atoms with Gasteiger partial charge >= 0.3 is 0 Å². The van der Waals surface area contributed by atoms with Crippen molar-refractivity contribution in [3.63, 3.8) is 0 Å². The van der Waals surface area contributed by atoms with Crippen molar-refractivity contribution in [1.29, 1.82) is 0 Å². The van der Waals surface area contributed by atoms with Crippen molar-refractivity contribution >= 4 is 27.4 Å². The van der Waals surface area contributed by atoms with Gasteiger partial charge < -0.3 is 10.2 Å². The Labute approximate surface area is 147 Å². The molecule has 25 heavy (non-hydrogen) atoms. The number of aromatic nitrogens is 1. The maximum absolute atomic E-state index is 12.9. The maximum Gasteiger partial charge on any atom is 0.265 e. The summed E-state index contributed by atoms with van der Waals surface area (Å²) < 4.78 is 27.2. The highest BCUT2D eigenvalue weighted by Gasteiger charge is 2.24. The summed E-state index contributed by atoms with van der Waals surface area (Å²) >= 11 is 0. The van der Waals surface area contributed by atoms with Gasteiger partial charge in [0.15, 0.2) is 0 Å². The van der Waals surface area contributed by atoms with E-state index in [1.807, 2.05) is 11.0 Å². The first-order chi connectivity index (χ1) is 12.0. The first kappa shape index (κ1) is 17.2. The number of carbonyl (C=O) groups is 1. The van der Waals surface area contributed by atoms with Gasteiger partial charge in [0.25, 0.3) is 10.0 Å². The van der Waals surface area contributed by atoms with Crippen LogP contribution in [0.15, 0.2) is 53.6 Å². The van der Waals surface area contributed by atoms with E-state index in [9.17, 15) is 13.2 Å². The number of hydrogen-bond acceptors (Lipinski definition) is 5. The lowest BCUT2D eigenvalue weighted by atomic mass is 10.3. The Morgan fingerprint density at radius 2 is 1.96 bits per heavy atom. The van der Waals surface area contributed by atoms with Crippen LogP contribution < -0.4 is 14.5 Å². The molecule has 0 atom stereocenters. The Kier molecular flexibility index (Phi) is 4.89. The van der Waals surface area contributed by atoms with Gasteiger partial charge in [0.2, 0.25) is 5.91 Å². The van der Waals surface area contributed by atoms with Crippen molar-refractivity contribution in [3.8, 4) is 0 Å². The second-order valence-corrected chi connectivity index (χ2v) is 7.49. The molecule has 0 spiro atoms. The third-order valence-corrected chi connectivity index (χ3v) is 5.89. The molecule has 1 fully saturated rings. The number of rotatable bonds is 5. The van der Waals surface area contributed by atoms with Crippen LogP contribution in [0, 0.1) is 0 Å². The van der Waals surface area contributed by atoms with Gasteiger partial charge in [0.1, 0.15) is 10.7 Å². The van der Waals surface area contributed by atoms with E-state index in [1.165, 1.54) is 16.6 Å². The summed E-state index contributed by atoms with van der Waals surface area (Å²) in [6, 6.07) is 12.1. The van der Waals surface area contributed by atoms with E-state index < -0.39 is 10.0 Å². The van der Waals surface area contributed by atoms with Crippen LogP contribution >= 0.6 is 0 Å². The number of carbonyl (C=O) groups excluding carboxylic acids is 1. The normalized spacial score (nSPS) is 14.9. The number of piperazine rings is 1. The number of nitrogens with zero attached hydrogens (tertiary/aromatic N) is 3. The van der Waals surface area contributed by atoms with Crippen LogP contribution in [0.3, 0.4) is 0 Å². The molecule has 1 aromatic heterocycles. The van der Waals surface area contributed by atoms with E-state index in [2.05, 4.69) is 10.3 Å². The van der Waals surface area contributed by atoms with Crippen LogP contribution in [0.2, 0.25) is 0 Å². The topological polar surface area (TPSA) is 82.6 Å². The number of pyridine rings is 1. The van der Waals surface area contributed by atoms with Crippen molar-refractivity contribution < 1.29 is 13.2 Å². The van der Waals surface area contributed by atoms with Crippen LogP contribution in [0.4, 0.5) is 11.5 Å². The molecule has 0 unspecified atom stereocenters.